The number of piperidine rings is 1. The summed E-state index contributed by atoms with van der Waals surface area (Å²) >= 11 is 5.87. The van der Waals surface area contributed by atoms with E-state index in [2.05, 4.69) is 0 Å². The first-order valence-electron chi connectivity index (χ1n) is 8.51. The summed E-state index contributed by atoms with van der Waals surface area (Å²) in [5.74, 6) is 0.287. The first-order chi connectivity index (χ1) is 11.5. The van der Waals surface area contributed by atoms with Crippen molar-refractivity contribution >= 4 is 23.2 Å². The molecule has 1 heterocycles. The molecule has 0 aliphatic carbocycles. The van der Waals surface area contributed by atoms with E-state index in [4.69, 9.17) is 11.6 Å². The zero-order valence-electron chi connectivity index (χ0n) is 14.3. The highest BCUT2D eigenvalue weighted by Gasteiger charge is 2.31. The van der Waals surface area contributed by atoms with Gasteiger partial charge in [0, 0.05) is 24.7 Å². The maximum atomic E-state index is 12.6. The van der Waals surface area contributed by atoms with Crippen molar-refractivity contribution in [2.24, 2.45) is 5.92 Å². The molecular formula is C17H25ClN3O3+. The van der Waals surface area contributed by atoms with Crippen LogP contribution in [0.5, 0.6) is 0 Å². The van der Waals surface area contributed by atoms with Gasteiger partial charge in [0.25, 0.3) is 5.69 Å². The number of rotatable bonds is 6. The number of nitro benzene ring substituents is 1. The lowest BCUT2D eigenvalue weighted by Crippen LogP contribution is -3.12. The van der Waals surface area contributed by atoms with Crippen LogP contribution in [0, 0.1) is 16.0 Å². The number of nitro groups is 1. The number of halogens is 1. The molecule has 0 spiro atoms. The van der Waals surface area contributed by atoms with Gasteiger partial charge in [0.1, 0.15) is 11.6 Å². The van der Waals surface area contributed by atoms with Crippen molar-refractivity contribution in [2.75, 3.05) is 26.2 Å². The summed E-state index contributed by atoms with van der Waals surface area (Å²) in [5, 5.41) is 11.2. The van der Waals surface area contributed by atoms with E-state index >= 15 is 0 Å². The second-order valence-electron chi connectivity index (χ2n) is 6.27. The molecule has 2 atom stereocenters. The molecule has 1 aliphatic rings. The molecule has 132 valence electrons. The van der Waals surface area contributed by atoms with Crippen molar-refractivity contribution in [3.63, 3.8) is 0 Å². The highest BCUT2D eigenvalue weighted by Crippen LogP contribution is 2.24. The number of nitrogens with one attached hydrogen (secondary N) is 1. The van der Waals surface area contributed by atoms with Crippen molar-refractivity contribution in [3.8, 4) is 0 Å². The fraction of sp³-hybridized carbons (Fsp3) is 0.588. The second-order valence-corrected chi connectivity index (χ2v) is 6.68. The van der Waals surface area contributed by atoms with Crippen molar-refractivity contribution < 1.29 is 14.6 Å². The molecule has 1 aromatic rings. The summed E-state index contributed by atoms with van der Waals surface area (Å²) in [7, 11) is 0. The van der Waals surface area contributed by atoms with Crippen LogP contribution in [0.15, 0.2) is 18.2 Å². The van der Waals surface area contributed by atoms with Crippen molar-refractivity contribution in [2.45, 2.75) is 33.2 Å². The first-order valence-corrected chi connectivity index (χ1v) is 8.89. The standard InChI is InChI=1S/C17H24ClN3O3/c1-3-20(4-2)17(22)14-6-5-9-19(12-14)11-13-7-8-15(18)16(10-13)21(23)24/h7-8,10,14H,3-6,9,11-12H2,1-2H3/p+1/t14-/m1/s1. The van der Waals surface area contributed by atoms with Gasteiger partial charge in [0.05, 0.1) is 23.9 Å². The van der Waals surface area contributed by atoms with Gasteiger partial charge in [-0.3, -0.25) is 14.9 Å². The quantitative estimate of drug-likeness (QED) is 0.626. The molecule has 1 amide bonds. The Bertz CT molecular complexity index is 605. The fourth-order valence-corrected chi connectivity index (χ4v) is 3.60. The molecule has 1 aliphatic heterocycles. The Morgan fingerprint density at radius 3 is 2.75 bits per heavy atom. The van der Waals surface area contributed by atoms with Crippen LogP contribution >= 0.6 is 11.6 Å². The molecule has 2 rings (SSSR count). The van der Waals surface area contributed by atoms with E-state index in [1.807, 2.05) is 24.8 Å². The summed E-state index contributed by atoms with van der Waals surface area (Å²) in [6.45, 7) is 7.93. The van der Waals surface area contributed by atoms with Crippen LogP contribution < -0.4 is 4.90 Å². The number of nitrogens with zero attached hydrogens (tertiary/aromatic N) is 2. The van der Waals surface area contributed by atoms with Crippen LogP contribution in [0.4, 0.5) is 5.69 Å². The normalized spacial score (nSPS) is 20.6. The molecular weight excluding hydrogens is 330 g/mol. The average Bonchev–Trinajstić information content (AvgIpc) is 2.57. The lowest BCUT2D eigenvalue weighted by molar-refractivity contribution is -0.921. The van der Waals surface area contributed by atoms with Crippen LogP contribution in [0.3, 0.4) is 0 Å². The van der Waals surface area contributed by atoms with Gasteiger partial charge in [-0.05, 0) is 32.8 Å². The van der Waals surface area contributed by atoms with Gasteiger partial charge in [-0.1, -0.05) is 17.7 Å². The lowest BCUT2D eigenvalue weighted by atomic mass is 9.96. The molecule has 1 N–H and O–H groups in total. The Hall–Kier alpha value is -1.66. The smallest absolute Gasteiger partial charge is 0.288 e. The largest absolute Gasteiger partial charge is 0.343 e. The highest BCUT2D eigenvalue weighted by molar-refractivity contribution is 6.32. The molecule has 1 aromatic carbocycles. The van der Waals surface area contributed by atoms with Gasteiger partial charge in [0.15, 0.2) is 0 Å². The van der Waals surface area contributed by atoms with E-state index < -0.39 is 4.92 Å². The molecule has 6 nitrogen and oxygen atoms in total. The van der Waals surface area contributed by atoms with Crippen LogP contribution in [-0.4, -0.2) is 41.9 Å². The summed E-state index contributed by atoms with van der Waals surface area (Å²) in [6.07, 6.45) is 1.93. The van der Waals surface area contributed by atoms with Gasteiger partial charge in [-0.25, -0.2) is 0 Å². The van der Waals surface area contributed by atoms with E-state index in [1.165, 1.54) is 4.90 Å². The SMILES string of the molecule is CCN(CC)C(=O)[C@@H]1CCC[NH+](Cc2ccc(Cl)c([N+](=O)[O-])c2)C1. The molecule has 0 radical (unpaired) electrons. The third kappa shape index (κ3) is 4.45. The van der Waals surface area contributed by atoms with Crippen molar-refractivity contribution in [1.29, 1.82) is 0 Å². The van der Waals surface area contributed by atoms with E-state index in [9.17, 15) is 14.9 Å². The number of hydrogen-bond acceptors (Lipinski definition) is 3. The number of benzene rings is 1. The van der Waals surface area contributed by atoms with Gasteiger partial charge >= 0.3 is 0 Å². The van der Waals surface area contributed by atoms with Gasteiger partial charge in [-0.15, -0.1) is 0 Å². The summed E-state index contributed by atoms with van der Waals surface area (Å²) in [6, 6.07) is 4.96. The Balaban J connectivity index is 2.04. The highest BCUT2D eigenvalue weighted by atomic mass is 35.5. The number of amides is 1. The van der Waals surface area contributed by atoms with Gasteiger partial charge < -0.3 is 9.80 Å². The third-order valence-corrected chi connectivity index (χ3v) is 5.02. The molecule has 1 unspecified atom stereocenters. The predicted molar refractivity (Wildman–Crippen MR) is 93.2 cm³/mol. The van der Waals surface area contributed by atoms with Crippen LogP contribution in [0.1, 0.15) is 32.3 Å². The number of carbonyl (C=O) groups is 1. The van der Waals surface area contributed by atoms with E-state index in [-0.39, 0.29) is 22.5 Å². The molecule has 0 saturated carbocycles. The summed E-state index contributed by atoms with van der Waals surface area (Å²) in [4.78, 5) is 26.3. The van der Waals surface area contributed by atoms with Gasteiger partial charge in [-0.2, -0.15) is 0 Å². The third-order valence-electron chi connectivity index (χ3n) is 4.70. The molecule has 1 saturated heterocycles. The summed E-state index contributed by atoms with van der Waals surface area (Å²) < 4.78 is 0. The van der Waals surface area contributed by atoms with Crippen LogP contribution in [0.2, 0.25) is 5.02 Å². The maximum Gasteiger partial charge on any atom is 0.288 e. The average molecular weight is 355 g/mol. The Kier molecular flexibility index (Phi) is 6.57. The zero-order valence-corrected chi connectivity index (χ0v) is 15.0. The number of quaternary nitrogens is 1. The molecule has 0 aromatic heterocycles. The Morgan fingerprint density at radius 1 is 1.42 bits per heavy atom. The Labute approximate surface area is 147 Å². The Morgan fingerprint density at radius 2 is 2.12 bits per heavy atom. The molecule has 0 bridgehead atoms. The number of hydrogen-bond donors (Lipinski definition) is 1. The van der Waals surface area contributed by atoms with Crippen LogP contribution in [0.25, 0.3) is 0 Å². The molecule has 24 heavy (non-hydrogen) atoms. The zero-order chi connectivity index (χ0) is 17.7. The second kappa shape index (κ2) is 8.44. The van der Waals surface area contributed by atoms with E-state index in [0.717, 1.165) is 44.6 Å². The van der Waals surface area contributed by atoms with Crippen molar-refractivity contribution in [3.05, 3.63) is 38.9 Å². The number of carbonyl (C=O) groups excluding carboxylic acids is 1. The minimum Gasteiger partial charge on any atom is -0.343 e. The van der Waals surface area contributed by atoms with Crippen molar-refractivity contribution in [1.82, 2.24) is 4.90 Å². The molecule has 7 heteroatoms. The molecule has 1 fully saturated rings. The maximum absolute atomic E-state index is 12.6. The van der Waals surface area contributed by atoms with Crippen LogP contribution in [-0.2, 0) is 11.3 Å². The minimum atomic E-state index is -0.454. The lowest BCUT2D eigenvalue weighted by Gasteiger charge is -2.32. The van der Waals surface area contributed by atoms with E-state index in [0.29, 0.717) is 6.54 Å². The topological polar surface area (TPSA) is 67.9 Å². The van der Waals surface area contributed by atoms with Gasteiger partial charge in [0.2, 0.25) is 5.91 Å². The predicted octanol–water partition coefficient (Wildman–Crippen LogP) is 1.91. The summed E-state index contributed by atoms with van der Waals surface area (Å²) in [5.41, 5.74) is 0.832. The fourth-order valence-electron chi connectivity index (χ4n) is 3.41. The van der Waals surface area contributed by atoms with E-state index in [1.54, 1.807) is 12.1 Å². The monoisotopic (exact) mass is 354 g/mol. The number of likely N-dealkylation sites (tertiary alicyclic amines) is 1. The first kappa shape index (κ1) is 18.7. The minimum absolute atomic E-state index is 0.0518.